The van der Waals surface area contributed by atoms with Crippen LogP contribution in [0.2, 0.25) is 0 Å². The highest BCUT2D eigenvalue weighted by Crippen LogP contribution is 2.30. The Bertz CT molecular complexity index is 489. The van der Waals surface area contributed by atoms with Crippen LogP contribution in [0.25, 0.3) is 0 Å². The number of hydrogen-bond donors (Lipinski definition) is 0. The average molecular weight is 391 g/mol. The lowest BCUT2D eigenvalue weighted by Gasteiger charge is -2.17. The molecule has 0 unspecified atom stereocenters. The molecule has 1 heteroatoms. The summed E-state index contributed by atoms with van der Waals surface area (Å²) in [5.41, 5.74) is 0.794. The summed E-state index contributed by atoms with van der Waals surface area (Å²) in [4.78, 5) is 0. The van der Waals surface area contributed by atoms with Crippen molar-refractivity contribution in [1.29, 1.82) is 0 Å². The standard InChI is InChI=1S/C10H20.C9H11F.C8H16/c1-9(2)10-7-5-3-4-6-8-10;1-7(2)8-5-3-4-6-9(8)10;1-7(2)8-5-3-4-6-8/h9-10H,3-8H2,1-2H3;3-7H,1-2H3;7-8H,3-6H2,1-2H3. The van der Waals surface area contributed by atoms with Gasteiger partial charge in [0.05, 0.1) is 0 Å². The van der Waals surface area contributed by atoms with Crippen LogP contribution in [-0.4, -0.2) is 0 Å². The summed E-state index contributed by atoms with van der Waals surface area (Å²) in [6, 6.07) is 6.88. The molecule has 28 heavy (non-hydrogen) atoms. The molecule has 0 heterocycles. The van der Waals surface area contributed by atoms with Crippen LogP contribution in [0.4, 0.5) is 4.39 Å². The van der Waals surface area contributed by atoms with E-state index in [9.17, 15) is 4.39 Å². The Morgan fingerprint density at radius 1 is 0.643 bits per heavy atom. The average Bonchev–Trinajstić information content (AvgIpc) is 3.06. The third-order valence-corrected chi connectivity index (χ3v) is 6.71. The first-order chi connectivity index (χ1) is 13.3. The Balaban J connectivity index is 0.000000212. The number of halogens is 1. The lowest BCUT2D eigenvalue weighted by molar-refractivity contribution is 0.342. The van der Waals surface area contributed by atoms with Crippen molar-refractivity contribution in [1.82, 2.24) is 0 Å². The highest BCUT2D eigenvalue weighted by Gasteiger charge is 2.17. The Kier molecular flexibility index (Phi) is 12.8. The van der Waals surface area contributed by atoms with Gasteiger partial charge in [-0.15, -0.1) is 0 Å². The second kappa shape index (κ2) is 14.2. The fraction of sp³-hybridized carbons (Fsp3) is 0.778. The zero-order valence-electron chi connectivity index (χ0n) is 19.6. The predicted octanol–water partition coefficient (Wildman–Crippen LogP) is 9.39. The van der Waals surface area contributed by atoms with Gasteiger partial charge in [0.2, 0.25) is 0 Å². The van der Waals surface area contributed by atoms with E-state index in [1.54, 1.807) is 6.07 Å². The quantitative estimate of drug-likeness (QED) is 0.451. The van der Waals surface area contributed by atoms with Gasteiger partial charge in [-0.2, -0.15) is 0 Å². The Morgan fingerprint density at radius 3 is 1.36 bits per heavy atom. The van der Waals surface area contributed by atoms with Crippen LogP contribution in [0.3, 0.4) is 0 Å². The summed E-state index contributed by atoms with van der Waals surface area (Å²) in [5.74, 6) is 4.16. The van der Waals surface area contributed by atoms with E-state index in [0.717, 1.165) is 29.2 Å². The van der Waals surface area contributed by atoms with Gasteiger partial charge in [-0.05, 0) is 41.2 Å². The number of rotatable bonds is 3. The maximum Gasteiger partial charge on any atom is 0.126 e. The molecule has 0 saturated heterocycles. The second-order valence-electron chi connectivity index (χ2n) is 9.96. The molecule has 2 saturated carbocycles. The van der Waals surface area contributed by atoms with Gasteiger partial charge in [-0.3, -0.25) is 0 Å². The fourth-order valence-electron chi connectivity index (χ4n) is 4.54. The largest absolute Gasteiger partial charge is 0.207 e. The third kappa shape index (κ3) is 10.1. The normalized spacial score (nSPS) is 18.5. The molecule has 1 aromatic rings. The van der Waals surface area contributed by atoms with Gasteiger partial charge in [-0.1, -0.05) is 124 Å². The van der Waals surface area contributed by atoms with E-state index >= 15 is 0 Å². The van der Waals surface area contributed by atoms with Crippen molar-refractivity contribution in [3.05, 3.63) is 35.6 Å². The van der Waals surface area contributed by atoms with Gasteiger partial charge in [0, 0.05) is 0 Å². The minimum Gasteiger partial charge on any atom is -0.207 e. The smallest absolute Gasteiger partial charge is 0.126 e. The maximum atomic E-state index is 12.8. The van der Waals surface area contributed by atoms with Gasteiger partial charge in [0.15, 0.2) is 0 Å². The number of hydrogen-bond acceptors (Lipinski definition) is 0. The van der Waals surface area contributed by atoms with Gasteiger partial charge in [0.25, 0.3) is 0 Å². The Morgan fingerprint density at radius 2 is 1.04 bits per heavy atom. The van der Waals surface area contributed by atoms with Crippen molar-refractivity contribution in [2.75, 3.05) is 0 Å². The minimum atomic E-state index is -0.0995. The summed E-state index contributed by atoms with van der Waals surface area (Å²) in [6.45, 7) is 13.4. The van der Waals surface area contributed by atoms with Crippen LogP contribution < -0.4 is 0 Å². The molecule has 0 atom stereocenters. The van der Waals surface area contributed by atoms with Crippen LogP contribution >= 0.6 is 0 Å². The van der Waals surface area contributed by atoms with Crippen LogP contribution in [0.5, 0.6) is 0 Å². The van der Waals surface area contributed by atoms with Crippen molar-refractivity contribution in [3.8, 4) is 0 Å². The summed E-state index contributed by atoms with van der Waals surface area (Å²) >= 11 is 0. The lowest BCUT2D eigenvalue weighted by Crippen LogP contribution is -2.06. The Hall–Kier alpha value is -0.850. The predicted molar refractivity (Wildman–Crippen MR) is 123 cm³/mol. The molecule has 0 bridgehead atoms. The van der Waals surface area contributed by atoms with E-state index in [0.29, 0.717) is 0 Å². The van der Waals surface area contributed by atoms with Crippen molar-refractivity contribution < 1.29 is 4.39 Å². The van der Waals surface area contributed by atoms with Gasteiger partial charge < -0.3 is 0 Å². The van der Waals surface area contributed by atoms with Crippen LogP contribution in [0.15, 0.2) is 24.3 Å². The summed E-state index contributed by atoms with van der Waals surface area (Å²) < 4.78 is 12.8. The van der Waals surface area contributed by atoms with E-state index in [2.05, 4.69) is 27.7 Å². The van der Waals surface area contributed by atoms with Gasteiger partial charge in [-0.25, -0.2) is 4.39 Å². The van der Waals surface area contributed by atoms with Crippen LogP contribution in [0, 0.1) is 29.5 Å². The van der Waals surface area contributed by atoms with Crippen LogP contribution in [0.1, 0.15) is 117 Å². The zero-order valence-corrected chi connectivity index (χ0v) is 19.6. The molecule has 0 aromatic heterocycles. The lowest BCUT2D eigenvalue weighted by atomic mass is 9.89. The summed E-state index contributed by atoms with van der Waals surface area (Å²) in [7, 11) is 0. The first kappa shape index (κ1) is 25.2. The van der Waals surface area contributed by atoms with Crippen molar-refractivity contribution in [2.24, 2.45) is 23.7 Å². The molecule has 162 valence electrons. The van der Waals surface area contributed by atoms with E-state index in [-0.39, 0.29) is 11.7 Å². The van der Waals surface area contributed by atoms with Crippen LogP contribution in [-0.2, 0) is 0 Å². The molecule has 0 radical (unpaired) electrons. The minimum absolute atomic E-state index is 0.0995. The number of benzene rings is 1. The molecule has 0 amide bonds. The first-order valence-corrected chi connectivity index (χ1v) is 12.1. The van der Waals surface area contributed by atoms with E-state index in [4.69, 9.17) is 0 Å². The topological polar surface area (TPSA) is 0 Å². The molecule has 0 nitrogen and oxygen atoms in total. The summed E-state index contributed by atoms with van der Waals surface area (Å²) in [5, 5.41) is 0. The zero-order chi connectivity index (χ0) is 20.9. The highest BCUT2D eigenvalue weighted by atomic mass is 19.1. The fourth-order valence-corrected chi connectivity index (χ4v) is 4.54. The molecule has 1 aromatic carbocycles. The van der Waals surface area contributed by atoms with E-state index in [1.165, 1.54) is 70.3 Å². The molecular weight excluding hydrogens is 343 g/mol. The Labute approximate surface area is 175 Å². The van der Waals surface area contributed by atoms with E-state index < -0.39 is 0 Å². The second-order valence-corrected chi connectivity index (χ2v) is 9.96. The van der Waals surface area contributed by atoms with Crippen molar-refractivity contribution in [2.45, 2.75) is 112 Å². The first-order valence-electron chi connectivity index (χ1n) is 12.1. The molecule has 2 aliphatic rings. The third-order valence-electron chi connectivity index (χ3n) is 6.71. The highest BCUT2D eigenvalue weighted by molar-refractivity contribution is 5.20. The molecular formula is C27H47F. The molecule has 0 spiro atoms. The molecule has 3 rings (SSSR count). The van der Waals surface area contributed by atoms with E-state index in [1.807, 2.05) is 26.0 Å². The van der Waals surface area contributed by atoms with Gasteiger partial charge in [0.1, 0.15) is 5.82 Å². The van der Waals surface area contributed by atoms with Crippen molar-refractivity contribution >= 4 is 0 Å². The SMILES string of the molecule is CC(C)C1CCCC1.CC(C)C1CCCCCC1.CC(C)c1ccccc1F. The monoisotopic (exact) mass is 390 g/mol. The molecule has 2 aliphatic carbocycles. The maximum absolute atomic E-state index is 12.8. The molecule has 0 N–H and O–H groups in total. The summed E-state index contributed by atoms with van der Waals surface area (Å²) in [6.07, 6.45) is 14.9. The molecule has 0 aliphatic heterocycles. The van der Waals surface area contributed by atoms with Crippen molar-refractivity contribution in [3.63, 3.8) is 0 Å². The van der Waals surface area contributed by atoms with Gasteiger partial charge >= 0.3 is 0 Å². The molecule has 2 fully saturated rings.